The molecule has 2 nitrogen and oxygen atoms in total. The molecule has 1 aliphatic heterocycles. The van der Waals surface area contributed by atoms with Crippen molar-refractivity contribution in [2.75, 3.05) is 6.61 Å². The van der Waals surface area contributed by atoms with Crippen molar-refractivity contribution in [3.05, 3.63) is 21.9 Å². The predicted molar refractivity (Wildman–Crippen MR) is 78.2 cm³/mol. The van der Waals surface area contributed by atoms with Crippen molar-refractivity contribution >= 4 is 11.3 Å². The van der Waals surface area contributed by atoms with Gasteiger partial charge in [-0.2, -0.15) is 0 Å². The fourth-order valence-electron chi connectivity index (χ4n) is 2.50. The van der Waals surface area contributed by atoms with Crippen LogP contribution in [0, 0.1) is 0 Å². The third-order valence-corrected chi connectivity index (χ3v) is 5.20. The lowest BCUT2D eigenvalue weighted by atomic mass is 9.90. The van der Waals surface area contributed by atoms with Crippen LogP contribution in [-0.4, -0.2) is 18.2 Å². The molecule has 1 aromatic heterocycles. The summed E-state index contributed by atoms with van der Waals surface area (Å²) in [4.78, 5) is 2.94. The van der Waals surface area contributed by atoms with Gasteiger partial charge in [0.1, 0.15) is 0 Å². The first-order valence-corrected chi connectivity index (χ1v) is 7.92. The lowest BCUT2D eigenvalue weighted by Gasteiger charge is -2.38. The van der Waals surface area contributed by atoms with Gasteiger partial charge in [0.2, 0.25) is 0 Å². The molecule has 0 amide bonds. The zero-order chi connectivity index (χ0) is 13.0. The summed E-state index contributed by atoms with van der Waals surface area (Å²) in [5.41, 5.74) is 0.0833. The molecule has 0 bridgehead atoms. The first-order valence-electron chi connectivity index (χ1n) is 7.10. The third kappa shape index (κ3) is 3.56. The van der Waals surface area contributed by atoms with Crippen molar-refractivity contribution in [2.45, 2.75) is 64.6 Å². The second kappa shape index (κ2) is 6.18. The summed E-state index contributed by atoms with van der Waals surface area (Å²) in [5, 5.41) is 3.70. The van der Waals surface area contributed by atoms with Crippen LogP contribution in [-0.2, 0) is 17.7 Å². The second-order valence-electron chi connectivity index (χ2n) is 5.44. The highest BCUT2D eigenvalue weighted by Gasteiger charge is 2.31. The fourth-order valence-corrected chi connectivity index (χ4v) is 3.41. The van der Waals surface area contributed by atoms with E-state index in [2.05, 4.69) is 38.2 Å². The van der Waals surface area contributed by atoms with Crippen molar-refractivity contribution in [1.29, 1.82) is 0 Å². The van der Waals surface area contributed by atoms with Gasteiger partial charge in [-0.15, -0.1) is 11.3 Å². The molecule has 2 unspecified atom stereocenters. The van der Waals surface area contributed by atoms with E-state index in [4.69, 9.17) is 4.74 Å². The van der Waals surface area contributed by atoms with Gasteiger partial charge < -0.3 is 10.1 Å². The lowest BCUT2D eigenvalue weighted by molar-refractivity contribution is -0.0781. The van der Waals surface area contributed by atoms with Crippen molar-refractivity contribution in [2.24, 2.45) is 0 Å². The number of hydrogen-bond donors (Lipinski definition) is 1. The molecule has 1 N–H and O–H groups in total. The molecule has 2 atom stereocenters. The van der Waals surface area contributed by atoms with Gasteiger partial charge in [0.15, 0.2) is 0 Å². The molecule has 1 aliphatic rings. The highest BCUT2D eigenvalue weighted by molar-refractivity contribution is 7.11. The Hall–Kier alpha value is -0.380. The van der Waals surface area contributed by atoms with Crippen LogP contribution >= 0.6 is 11.3 Å². The zero-order valence-electron chi connectivity index (χ0n) is 11.8. The van der Waals surface area contributed by atoms with Crippen LogP contribution < -0.4 is 5.32 Å². The number of ether oxygens (including phenoxy) is 1. The highest BCUT2D eigenvalue weighted by Crippen LogP contribution is 2.28. The van der Waals surface area contributed by atoms with E-state index in [0.29, 0.717) is 6.04 Å². The van der Waals surface area contributed by atoms with Crippen LogP contribution in [0.25, 0.3) is 0 Å². The Morgan fingerprint density at radius 1 is 1.39 bits per heavy atom. The Balaban J connectivity index is 1.82. The van der Waals surface area contributed by atoms with Gasteiger partial charge in [0.05, 0.1) is 5.60 Å². The summed E-state index contributed by atoms with van der Waals surface area (Å²) < 4.78 is 5.88. The summed E-state index contributed by atoms with van der Waals surface area (Å²) >= 11 is 1.93. The summed E-state index contributed by atoms with van der Waals surface area (Å²) in [6.07, 6.45) is 4.52. The molecule has 0 spiro atoms. The van der Waals surface area contributed by atoms with E-state index < -0.39 is 0 Å². The van der Waals surface area contributed by atoms with Gasteiger partial charge in [0, 0.05) is 28.9 Å². The molecule has 0 aromatic carbocycles. The van der Waals surface area contributed by atoms with Crippen LogP contribution in [0.5, 0.6) is 0 Å². The summed E-state index contributed by atoms with van der Waals surface area (Å²) in [5.74, 6) is 0. The van der Waals surface area contributed by atoms with Crippen molar-refractivity contribution in [3.8, 4) is 0 Å². The largest absolute Gasteiger partial charge is 0.375 e. The normalized spacial score (nSPS) is 28.5. The number of nitrogens with one attached hydrogen (secondary N) is 1. The molecule has 1 aromatic rings. The Kier molecular flexibility index (Phi) is 4.82. The standard InChI is InChI=1S/C15H25NOS/c1-4-13-6-7-14(18-13)11-16-12-8-9-17-15(3,5-2)10-12/h6-7,12,16H,4-5,8-11H2,1-3H3. The molecule has 2 heterocycles. The van der Waals surface area contributed by atoms with Gasteiger partial charge in [-0.25, -0.2) is 0 Å². The van der Waals surface area contributed by atoms with Crippen molar-refractivity contribution in [3.63, 3.8) is 0 Å². The molecule has 0 saturated carbocycles. The third-order valence-electron chi connectivity index (χ3n) is 3.97. The van der Waals surface area contributed by atoms with Gasteiger partial charge in [-0.1, -0.05) is 13.8 Å². The molecular weight excluding hydrogens is 242 g/mol. The molecule has 0 radical (unpaired) electrons. The molecule has 18 heavy (non-hydrogen) atoms. The number of rotatable bonds is 5. The monoisotopic (exact) mass is 267 g/mol. The molecule has 1 saturated heterocycles. The predicted octanol–water partition coefficient (Wildman–Crippen LogP) is 3.75. The molecule has 102 valence electrons. The number of hydrogen-bond acceptors (Lipinski definition) is 3. The summed E-state index contributed by atoms with van der Waals surface area (Å²) in [6, 6.07) is 5.12. The molecular formula is C15H25NOS. The van der Waals surface area contributed by atoms with Crippen LogP contribution in [0.2, 0.25) is 0 Å². The van der Waals surface area contributed by atoms with Crippen LogP contribution in [0.4, 0.5) is 0 Å². The minimum Gasteiger partial charge on any atom is -0.375 e. The Bertz CT molecular complexity index is 376. The number of thiophene rings is 1. The molecule has 3 heteroatoms. The van der Waals surface area contributed by atoms with E-state index in [0.717, 1.165) is 38.8 Å². The highest BCUT2D eigenvalue weighted by atomic mass is 32.1. The zero-order valence-corrected chi connectivity index (χ0v) is 12.6. The molecule has 1 fully saturated rings. The van der Waals surface area contributed by atoms with Crippen LogP contribution in [0.15, 0.2) is 12.1 Å². The van der Waals surface area contributed by atoms with Gasteiger partial charge in [-0.05, 0) is 44.7 Å². The Labute approximate surface area is 115 Å². The fraction of sp³-hybridized carbons (Fsp3) is 0.733. The first kappa shape index (κ1) is 14.0. The summed E-state index contributed by atoms with van der Waals surface area (Å²) in [6.45, 7) is 8.58. The smallest absolute Gasteiger partial charge is 0.0666 e. The average Bonchev–Trinajstić information content (AvgIpc) is 2.85. The number of aryl methyl sites for hydroxylation is 1. The van der Waals surface area contributed by atoms with E-state index in [1.54, 1.807) is 0 Å². The van der Waals surface area contributed by atoms with E-state index in [1.807, 2.05) is 11.3 Å². The maximum atomic E-state index is 5.88. The lowest BCUT2D eigenvalue weighted by Crippen LogP contribution is -2.44. The van der Waals surface area contributed by atoms with Crippen LogP contribution in [0.1, 0.15) is 49.8 Å². The average molecular weight is 267 g/mol. The SMILES string of the molecule is CCc1ccc(CNC2CCOC(C)(CC)C2)s1. The van der Waals surface area contributed by atoms with E-state index >= 15 is 0 Å². The minimum absolute atomic E-state index is 0.0833. The Morgan fingerprint density at radius 2 is 2.17 bits per heavy atom. The van der Waals surface area contributed by atoms with Gasteiger partial charge in [-0.3, -0.25) is 0 Å². The minimum atomic E-state index is 0.0833. The molecule has 0 aliphatic carbocycles. The van der Waals surface area contributed by atoms with Crippen molar-refractivity contribution < 1.29 is 4.74 Å². The second-order valence-corrected chi connectivity index (χ2v) is 6.70. The van der Waals surface area contributed by atoms with Gasteiger partial charge >= 0.3 is 0 Å². The molecule has 2 rings (SSSR count). The maximum Gasteiger partial charge on any atom is 0.0666 e. The van der Waals surface area contributed by atoms with E-state index in [9.17, 15) is 0 Å². The first-order chi connectivity index (χ1) is 8.65. The van der Waals surface area contributed by atoms with Gasteiger partial charge in [0.25, 0.3) is 0 Å². The quantitative estimate of drug-likeness (QED) is 0.877. The summed E-state index contributed by atoms with van der Waals surface area (Å²) in [7, 11) is 0. The van der Waals surface area contributed by atoms with E-state index in [-0.39, 0.29) is 5.60 Å². The maximum absolute atomic E-state index is 5.88. The Morgan fingerprint density at radius 3 is 2.83 bits per heavy atom. The van der Waals surface area contributed by atoms with Crippen LogP contribution in [0.3, 0.4) is 0 Å². The topological polar surface area (TPSA) is 21.3 Å². The van der Waals surface area contributed by atoms with E-state index in [1.165, 1.54) is 9.75 Å². The van der Waals surface area contributed by atoms with Crippen molar-refractivity contribution in [1.82, 2.24) is 5.32 Å².